The fourth-order valence-corrected chi connectivity index (χ4v) is 4.93. The number of likely N-dealkylation sites (tertiary alicyclic amines) is 1. The Morgan fingerprint density at radius 2 is 1.74 bits per heavy atom. The van der Waals surface area contributed by atoms with Gasteiger partial charge in [-0.2, -0.15) is 0 Å². The second kappa shape index (κ2) is 9.64. The Kier molecular flexibility index (Phi) is 6.70. The van der Waals surface area contributed by atoms with E-state index in [1.807, 2.05) is 52.3 Å². The van der Waals surface area contributed by atoms with Crippen LogP contribution in [-0.4, -0.2) is 53.2 Å². The van der Waals surface area contributed by atoms with Crippen molar-refractivity contribution in [1.82, 2.24) is 9.80 Å². The summed E-state index contributed by atoms with van der Waals surface area (Å²) in [6.07, 6.45) is 4.35. The van der Waals surface area contributed by atoms with Crippen molar-refractivity contribution in [3.8, 4) is 0 Å². The molecule has 4 rings (SSSR count). The molecule has 2 aliphatic rings. The Morgan fingerprint density at radius 1 is 1.03 bits per heavy atom. The SMILES string of the molecule is CCCN(C(=O)c1ccc(NC(=O)C2CC2)s1)C1CCN(C(=O)c2ccccc2)CC1. The van der Waals surface area contributed by atoms with E-state index in [2.05, 4.69) is 12.2 Å². The summed E-state index contributed by atoms with van der Waals surface area (Å²) in [5.74, 6) is 0.275. The van der Waals surface area contributed by atoms with E-state index in [1.165, 1.54) is 11.3 Å². The van der Waals surface area contributed by atoms with Gasteiger partial charge in [-0.15, -0.1) is 11.3 Å². The molecule has 0 atom stereocenters. The molecule has 0 bridgehead atoms. The van der Waals surface area contributed by atoms with E-state index in [0.29, 0.717) is 30.1 Å². The van der Waals surface area contributed by atoms with Gasteiger partial charge in [-0.3, -0.25) is 14.4 Å². The van der Waals surface area contributed by atoms with Gasteiger partial charge in [0, 0.05) is 37.2 Å². The van der Waals surface area contributed by atoms with E-state index < -0.39 is 0 Å². The molecule has 3 amide bonds. The van der Waals surface area contributed by atoms with Crippen LogP contribution in [0.1, 0.15) is 59.1 Å². The summed E-state index contributed by atoms with van der Waals surface area (Å²) in [5.41, 5.74) is 0.710. The Balaban J connectivity index is 1.37. The maximum absolute atomic E-state index is 13.3. The average Bonchev–Trinajstić information content (AvgIpc) is 3.56. The monoisotopic (exact) mass is 439 g/mol. The summed E-state index contributed by atoms with van der Waals surface area (Å²) in [5, 5.41) is 3.66. The fourth-order valence-electron chi connectivity index (χ4n) is 4.07. The summed E-state index contributed by atoms with van der Waals surface area (Å²) in [6, 6.07) is 13.1. The van der Waals surface area contributed by atoms with Crippen molar-refractivity contribution in [2.45, 2.75) is 45.1 Å². The van der Waals surface area contributed by atoms with Crippen LogP contribution in [-0.2, 0) is 4.79 Å². The lowest BCUT2D eigenvalue weighted by atomic mass is 10.0. The summed E-state index contributed by atoms with van der Waals surface area (Å²) in [6.45, 7) is 4.07. The Morgan fingerprint density at radius 3 is 2.39 bits per heavy atom. The standard InChI is InChI=1S/C24H29N3O3S/c1-2-14-27(24(30)20-10-11-21(31-20)25-22(28)17-8-9-17)19-12-15-26(16-13-19)23(29)18-6-4-3-5-7-18/h3-7,10-11,17,19H,2,8-9,12-16H2,1H3,(H,25,28). The van der Waals surface area contributed by atoms with Crippen LogP contribution in [0, 0.1) is 5.92 Å². The van der Waals surface area contributed by atoms with Crippen molar-refractivity contribution in [3.05, 3.63) is 52.9 Å². The maximum atomic E-state index is 13.3. The predicted octanol–water partition coefficient (Wildman–Crippen LogP) is 4.25. The number of rotatable bonds is 7. The van der Waals surface area contributed by atoms with Gasteiger partial charge in [0.2, 0.25) is 5.91 Å². The van der Waals surface area contributed by atoms with Gasteiger partial charge in [-0.25, -0.2) is 0 Å². The largest absolute Gasteiger partial charge is 0.338 e. The van der Waals surface area contributed by atoms with E-state index in [9.17, 15) is 14.4 Å². The number of nitrogens with one attached hydrogen (secondary N) is 1. The molecule has 1 N–H and O–H groups in total. The Labute approximate surface area is 187 Å². The minimum Gasteiger partial charge on any atom is -0.338 e. The van der Waals surface area contributed by atoms with Crippen LogP contribution >= 0.6 is 11.3 Å². The van der Waals surface area contributed by atoms with Crippen molar-refractivity contribution >= 4 is 34.1 Å². The van der Waals surface area contributed by atoms with E-state index in [-0.39, 0.29) is 29.7 Å². The van der Waals surface area contributed by atoms with Crippen molar-refractivity contribution in [3.63, 3.8) is 0 Å². The smallest absolute Gasteiger partial charge is 0.264 e. The number of benzene rings is 1. The third kappa shape index (κ3) is 5.15. The molecular weight excluding hydrogens is 410 g/mol. The van der Waals surface area contributed by atoms with E-state index in [1.54, 1.807) is 0 Å². The number of amides is 3. The molecule has 1 aliphatic carbocycles. The molecule has 6 nitrogen and oxygen atoms in total. The molecule has 1 aliphatic heterocycles. The molecular formula is C24H29N3O3S. The van der Waals surface area contributed by atoms with Crippen LogP contribution in [0.25, 0.3) is 0 Å². The summed E-state index contributed by atoms with van der Waals surface area (Å²) in [4.78, 5) is 42.5. The average molecular weight is 440 g/mol. The molecule has 7 heteroatoms. The highest BCUT2D eigenvalue weighted by molar-refractivity contribution is 7.18. The molecule has 1 aromatic heterocycles. The predicted molar refractivity (Wildman–Crippen MR) is 122 cm³/mol. The number of carbonyl (C=O) groups excluding carboxylic acids is 3. The van der Waals surface area contributed by atoms with Crippen LogP contribution in [0.5, 0.6) is 0 Å². The zero-order chi connectivity index (χ0) is 21.8. The van der Waals surface area contributed by atoms with E-state index in [0.717, 1.165) is 37.1 Å². The van der Waals surface area contributed by atoms with Gasteiger partial charge < -0.3 is 15.1 Å². The summed E-state index contributed by atoms with van der Waals surface area (Å²) < 4.78 is 0. The quantitative estimate of drug-likeness (QED) is 0.701. The third-order valence-corrected chi connectivity index (χ3v) is 6.94. The van der Waals surface area contributed by atoms with Crippen molar-refractivity contribution in [1.29, 1.82) is 0 Å². The zero-order valence-corrected chi connectivity index (χ0v) is 18.7. The van der Waals surface area contributed by atoms with Crippen LogP contribution in [0.3, 0.4) is 0 Å². The molecule has 2 aromatic rings. The number of carbonyl (C=O) groups is 3. The maximum Gasteiger partial charge on any atom is 0.264 e. The lowest BCUT2D eigenvalue weighted by Crippen LogP contribution is -2.49. The number of piperidine rings is 1. The van der Waals surface area contributed by atoms with Crippen molar-refractivity contribution < 1.29 is 14.4 Å². The molecule has 0 spiro atoms. The first-order chi connectivity index (χ1) is 15.1. The summed E-state index contributed by atoms with van der Waals surface area (Å²) in [7, 11) is 0. The van der Waals surface area contributed by atoms with Gasteiger partial charge in [0.25, 0.3) is 11.8 Å². The van der Waals surface area contributed by atoms with Gasteiger partial charge in [0.15, 0.2) is 0 Å². The van der Waals surface area contributed by atoms with Gasteiger partial charge in [0.1, 0.15) is 0 Å². The molecule has 1 saturated carbocycles. The minimum atomic E-state index is 0.0200. The van der Waals surface area contributed by atoms with Gasteiger partial charge in [-0.1, -0.05) is 25.1 Å². The molecule has 1 aromatic carbocycles. The number of anilines is 1. The molecule has 0 unspecified atom stereocenters. The number of thiophene rings is 1. The normalized spacial score (nSPS) is 16.7. The minimum absolute atomic E-state index is 0.0200. The first-order valence-electron chi connectivity index (χ1n) is 11.1. The Bertz CT molecular complexity index is 931. The zero-order valence-electron chi connectivity index (χ0n) is 17.9. The molecule has 2 fully saturated rings. The number of hydrogen-bond acceptors (Lipinski definition) is 4. The van der Waals surface area contributed by atoms with Gasteiger partial charge in [0.05, 0.1) is 9.88 Å². The highest BCUT2D eigenvalue weighted by Crippen LogP contribution is 2.32. The highest BCUT2D eigenvalue weighted by Gasteiger charge is 2.32. The number of nitrogens with zero attached hydrogens (tertiary/aromatic N) is 2. The van der Waals surface area contributed by atoms with Crippen molar-refractivity contribution in [2.24, 2.45) is 5.92 Å². The third-order valence-electron chi connectivity index (χ3n) is 5.95. The molecule has 2 heterocycles. The first-order valence-corrected chi connectivity index (χ1v) is 11.9. The highest BCUT2D eigenvalue weighted by atomic mass is 32.1. The van der Waals surface area contributed by atoms with Crippen molar-refractivity contribution in [2.75, 3.05) is 25.0 Å². The molecule has 164 valence electrons. The Hall–Kier alpha value is -2.67. The van der Waals surface area contributed by atoms with Crippen LogP contribution in [0.4, 0.5) is 5.00 Å². The van der Waals surface area contributed by atoms with Crippen LogP contribution in [0.2, 0.25) is 0 Å². The lowest BCUT2D eigenvalue weighted by molar-refractivity contribution is -0.117. The summed E-state index contributed by atoms with van der Waals surface area (Å²) >= 11 is 1.35. The van der Waals surface area contributed by atoms with E-state index in [4.69, 9.17) is 0 Å². The first kappa shape index (κ1) is 21.6. The lowest BCUT2D eigenvalue weighted by Gasteiger charge is -2.38. The topological polar surface area (TPSA) is 69.7 Å². The van der Waals surface area contributed by atoms with Crippen LogP contribution < -0.4 is 5.32 Å². The van der Waals surface area contributed by atoms with E-state index >= 15 is 0 Å². The molecule has 0 radical (unpaired) electrons. The van der Waals surface area contributed by atoms with Crippen LogP contribution in [0.15, 0.2) is 42.5 Å². The van der Waals surface area contributed by atoms with Gasteiger partial charge >= 0.3 is 0 Å². The molecule has 1 saturated heterocycles. The van der Waals surface area contributed by atoms with Gasteiger partial charge in [-0.05, 0) is 56.4 Å². The fraction of sp³-hybridized carbons (Fsp3) is 0.458. The molecule has 31 heavy (non-hydrogen) atoms. The number of hydrogen-bond donors (Lipinski definition) is 1. The second-order valence-corrected chi connectivity index (χ2v) is 9.40. The second-order valence-electron chi connectivity index (χ2n) is 8.32.